The summed E-state index contributed by atoms with van der Waals surface area (Å²) in [6.45, 7) is 0. The molecule has 0 bridgehead atoms. The maximum atomic E-state index is 6.08. The molecule has 102 valence electrons. The number of rotatable bonds is 3. The third-order valence-corrected chi connectivity index (χ3v) is 4.11. The van der Waals surface area contributed by atoms with E-state index in [0.717, 1.165) is 15.7 Å². The van der Waals surface area contributed by atoms with Crippen molar-refractivity contribution in [3.05, 3.63) is 34.0 Å². The Bertz CT molecular complexity index is 772. The molecule has 1 aromatic carbocycles. The van der Waals surface area contributed by atoms with Gasteiger partial charge in [-0.25, -0.2) is 4.98 Å². The van der Waals surface area contributed by atoms with E-state index in [4.69, 9.17) is 11.6 Å². The number of aromatic amines is 1. The summed E-state index contributed by atoms with van der Waals surface area (Å²) < 4.78 is 0.777. The number of nitrogens with zero attached hydrogens (tertiary/aromatic N) is 3. The van der Waals surface area contributed by atoms with E-state index in [0.29, 0.717) is 22.4 Å². The molecule has 0 atom stereocenters. The summed E-state index contributed by atoms with van der Waals surface area (Å²) in [6, 6.07) is 5.57. The molecule has 3 N–H and O–H groups in total. The molecule has 2 heterocycles. The van der Waals surface area contributed by atoms with Gasteiger partial charge >= 0.3 is 0 Å². The van der Waals surface area contributed by atoms with Crippen molar-refractivity contribution < 1.29 is 0 Å². The number of benzene rings is 1. The molecule has 0 radical (unpaired) electrons. The number of H-pyrrole nitrogens is 1. The van der Waals surface area contributed by atoms with Gasteiger partial charge in [0, 0.05) is 7.05 Å². The van der Waals surface area contributed by atoms with Crippen LogP contribution in [0.2, 0.25) is 5.02 Å². The first-order chi connectivity index (χ1) is 9.69. The van der Waals surface area contributed by atoms with Crippen molar-refractivity contribution in [2.45, 2.75) is 0 Å². The lowest BCUT2D eigenvalue weighted by atomic mass is 10.3. The smallest absolute Gasteiger partial charge is 0.226 e. The van der Waals surface area contributed by atoms with E-state index in [2.05, 4.69) is 46.5 Å². The summed E-state index contributed by atoms with van der Waals surface area (Å²) in [4.78, 5) is 15.8. The van der Waals surface area contributed by atoms with Crippen molar-refractivity contribution in [1.82, 2.24) is 19.9 Å². The van der Waals surface area contributed by atoms with Gasteiger partial charge in [-0.05, 0) is 28.1 Å². The van der Waals surface area contributed by atoms with Gasteiger partial charge in [0.05, 0.1) is 21.5 Å². The minimum absolute atomic E-state index is 0.491. The van der Waals surface area contributed by atoms with E-state index >= 15 is 0 Å². The summed E-state index contributed by atoms with van der Waals surface area (Å²) in [5.41, 5.74) is 2.13. The van der Waals surface area contributed by atoms with Crippen LogP contribution in [0.5, 0.6) is 0 Å². The second-order valence-corrected chi connectivity index (χ2v) is 5.17. The first kappa shape index (κ1) is 13.1. The van der Waals surface area contributed by atoms with Crippen molar-refractivity contribution in [3.63, 3.8) is 0 Å². The SMILES string of the molecule is CNc1nc(Nc2cccc(Cl)c2Br)c2[nH]cnc2n1. The monoisotopic (exact) mass is 352 g/mol. The molecule has 0 aliphatic rings. The Morgan fingerprint density at radius 1 is 1.30 bits per heavy atom. The Balaban J connectivity index is 2.10. The van der Waals surface area contributed by atoms with E-state index in [1.54, 1.807) is 13.4 Å². The number of nitrogens with one attached hydrogen (secondary N) is 3. The number of hydrogen-bond acceptors (Lipinski definition) is 5. The van der Waals surface area contributed by atoms with Crippen molar-refractivity contribution >= 4 is 56.1 Å². The molecule has 6 nitrogen and oxygen atoms in total. The first-order valence-electron chi connectivity index (χ1n) is 5.79. The third-order valence-electron chi connectivity index (χ3n) is 2.71. The Hall–Kier alpha value is -1.86. The molecule has 0 aliphatic carbocycles. The molecule has 0 unspecified atom stereocenters. The van der Waals surface area contributed by atoms with Crippen LogP contribution in [0.25, 0.3) is 11.2 Å². The maximum Gasteiger partial charge on any atom is 0.226 e. The van der Waals surface area contributed by atoms with Gasteiger partial charge < -0.3 is 15.6 Å². The number of imidazole rings is 1. The van der Waals surface area contributed by atoms with Crippen LogP contribution < -0.4 is 10.6 Å². The van der Waals surface area contributed by atoms with Gasteiger partial charge in [0.2, 0.25) is 5.95 Å². The second kappa shape index (κ2) is 5.26. The fourth-order valence-electron chi connectivity index (χ4n) is 1.76. The minimum atomic E-state index is 0.491. The average molecular weight is 354 g/mol. The zero-order chi connectivity index (χ0) is 14.1. The summed E-state index contributed by atoms with van der Waals surface area (Å²) in [6.07, 6.45) is 1.58. The second-order valence-electron chi connectivity index (χ2n) is 3.97. The molecule has 3 aromatic rings. The fraction of sp³-hybridized carbons (Fsp3) is 0.0833. The van der Waals surface area contributed by atoms with Crippen LogP contribution in [0.4, 0.5) is 17.5 Å². The lowest BCUT2D eigenvalue weighted by Crippen LogP contribution is -2.02. The predicted molar refractivity (Wildman–Crippen MR) is 83.7 cm³/mol. The predicted octanol–water partition coefficient (Wildman–Crippen LogP) is 3.55. The van der Waals surface area contributed by atoms with Crippen molar-refractivity contribution in [2.75, 3.05) is 17.7 Å². The number of fused-ring (bicyclic) bond motifs is 1. The Labute approximate surface area is 128 Å². The van der Waals surface area contributed by atoms with Gasteiger partial charge in [0.25, 0.3) is 0 Å². The molecule has 2 aromatic heterocycles. The van der Waals surface area contributed by atoms with Gasteiger partial charge in [-0.2, -0.15) is 9.97 Å². The summed E-state index contributed by atoms with van der Waals surface area (Å²) >= 11 is 9.53. The lowest BCUT2D eigenvalue weighted by molar-refractivity contribution is 1.18. The lowest BCUT2D eigenvalue weighted by Gasteiger charge is -2.10. The number of hydrogen-bond donors (Lipinski definition) is 3. The normalized spacial score (nSPS) is 10.8. The van der Waals surface area contributed by atoms with E-state index in [-0.39, 0.29) is 0 Å². The van der Waals surface area contributed by atoms with Crippen LogP contribution in [0.15, 0.2) is 29.0 Å². The molecule has 0 aliphatic heterocycles. The van der Waals surface area contributed by atoms with Crippen LogP contribution in [0, 0.1) is 0 Å². The third kappa shape index (κ3) is 2.30. The highest BCUT2D eigenvalue weighted by molar-refractivity contribution is 9.10. The maximum absolute atomic E-state index is 6.08. The molecular weight excluding hydrogens is 344 g/mol. The summed E-state index contributed by atoms with van der Waals surface area (Å²) in [7, 11) is 1.76. The Kier molecular flexibility index (Phi) is 3.45. The molecule has 0 saturated carbocycles. The quantitative estimate of drug-likeness (QED) is 0.671. The zero-order valence-corrected chi connectivity index (χ0v) is 12.7. The van der Waals surface area contributed by atoms with Crippen LogP contribution in [-0.2, 0) is 0 Å². The average Bonchev–Trinajstić information content (AvgIpc) is 2.92. The minimum Gasteiger partial charge on any atom is -0.357 e. The number of aromatic nitrogens is 4. The standard InChI is InChI=1S/C12H10BrClN6/c1-15-12-19-10-9(16-5-17-10)11(20-12)18-7-4-2-3-6(14)8(7)13/h2-5H,1H3,(H3,15,16,17,18,19,20). The van der Waals surface area contributed by atoms with Crippen molar-refractivity contribution in [3.8, 4) is 0 Å². The van der Waals surface area contributed by atoms with Gasteiger partial charge in [-0.3, -0.25) is 0 Å². The molecule has 3 rings (SSSR count). The van der Waals surface area contributed by atoms with Gasteiger partial charge in [0.15, 0.2) is 11.5 Å². The molecule has 0 spiro atoms. The highest BCUT2D eigenvalue weighted by atomic mass is 79.9. The van der Waals surface area contributed by atoms with E-state index in [1.165, 1.54) is 0 Å². The zero-order valence-electron chi connectivity index (χ0n) is 10.4. The van der Waals surface area contributed by atoms with Crippen LogP contribution in [0.3, 0.4) is 0 Å². The molecule has 0 saturated heterocycles. The topological polar surface area (TPSA) is 78.5 Å². The number of anilines is 3. The van der Waals surface area contributed by atoms with E-state index in [9.17, 15) is 0 Å². The van der Waals surface area contributed by atoms with Crippen molar-refractivity contribution in [1.29, 1.82) is 0 Å². The number of halogens is 2. The fourth-order valence-corrected chi connectivity index (χ4v) is 2.30. The van der Waals surface area contributed by atoms with Gasteiger partial charge in [-0.1, -0.05) is 17.7 Å². The highest BCUT2D eigenvalue weighted by Crippen LogP contribution is 2.33. The van der Waals surface area contributed by atoms with E-state index < -0.39 is 0 Å². The molecule has 0 fully saturated rings. The summed E-state index contributed by atoms with van der Waals surface area (Å²) in [5, 5.41) is 6.75. The van der Waals surface area contributed by atoms with Crippen LogP contribution in [-0.4, -0.2) is 27.0 Å². The van der Waals surface area contributed by atoms with Crippen LogP contribution >= 0.6 is 27.5 Å². The molecule has 8 heteroatoms. The molecule has 0 amide bonds. The molecular formula is C12H10BrClN6. The largest absolute Gasteiger partial charge is 0.357 e. The Morgan fingerprint density at radius 2 is 2.15 bits per heavy atom. The first-order valence-corrected chi connectivity index (χ1v) is 6.96. The van der Waals surface area contributed by atoms with Crippen LogP contribution in [0.1, 0.15) is 0 Å². The highest BCUT2D eigenvalue weighted by Gasteiger charge is 2.11. The Morgan fingerprint density at radius 3 is 2.95 bits per heavy atom. The van der Waals surface area contributed by atoms with Gasteiger partial charge in [0.1, 0.15) is 5.52 Å². The summed E-state index contributed by atoms with van der Waals surface area (Å²) in [5.74, 6) is 1.12. The molecule has 20 heavy (non-hydrogen) atoms. The van der Waals surface area contributed by atoms with Crippen molar-refractivity contribution in [2.24, 2.45) is 0 Å². The van der Waals surface area contributed by atoms with E-state index in [1.807, 2.05) is 18.2 Å². The van der Waals surface area contributed by atoms with Gasteiger partial charge in [-0.15, -0.1) is 0 Å².